The van der Waals surface area contributed by atoms with E-state index in [9.17, 15) is 4.79 Å². The average molecular weight is 344 g/mol. The van der Waals surface area contributed by atoms with Gasteiger partial charge in [0, 0.05) is 17.5 Å². The van der Waals surface area contributed by atoms with Crippen LogP contribution in [0.2, 0.25) is 0 Å². The van der Waals surface area contributed by atoms with Crippen LogP contribution in [0.4, 0.5) is 10.8 Å². The van der Waals surface area contributed by atoms with Crippen LogP contribution in [0.25, 0.3) is 0 Å². The van der Waals surface area contributed by atoms with E-state index in [1.165, 1.54) is 16.9 Å². The minimum atomic E-state index is -0.611. The number of nitrogens with one attached hydrogen (secondary N) is 1. The first-order valence-electron chi connectivity index (χ1n) is 8.38. The number of nitrogens with zero attached hydrogens (tertiary/aromatic N) is 1. The number of benzene rings is 1. The lowest BCUT2D eigenvalue weighted by Crippen LogP contribution is -2.21. The van der Waals surface area contributed by atoms with Crippen molar-refractivity contribution in [3.8, 4) is 0 Å². The number of anilines is 2. The maximum absolute atomic E-state index is 12.2. The van der Waals surface area contributed by atoms with E-state index >= 15 is 0 Å². The monoisotopic (exact) mass is 344 g/mol. The Labute approximate surface area is 147 Å². The lowest BCUT2D eigenvalue weighted by atomic mass is 9.88. The van der Waals surface area contributed by atoms with Crippen LogP contribution in [0.15, 0.2) is 29.6 Å². The molecular formula is C19H24N2O2S. The summed E-state index contributed by atoms with van der Waals surface area (Å²) in [5, 5.41) is 6.12. The summed E-state index contributed by atoms with van der Waals surface area (Å²) >= 11 is 1.54. The molecule has 1 saturated heterocycles. The van der Waals surface area contributed by atoms with Gasteiger partial charge in [0.15, 0.2) is 10.7 Å². The number of aromatic nitrogens is 1. The first kappa shape index (κ1) is 17.0. The first-order chi connectivity index (χ1) is 11.4. The van der Waals surface area contributed by atoms with Crippen molar-refractivity contribution in [3.63, 3.8) is 0 Å². The van der Waals surface area contributed by atoms with Crippen molar-refractivity contribution in [2.75, 3.05) is 5.32 Å². The number of rotatable bonds is 5. The number of carbonyl (C=O) groups excluding carboxylic acids is 1. The van der Waals surface area contributed by atoms with Gasteiger partial charge in [-0.3, -0.25) is 4.79 Å². The summed E-state index contributed by atoms with van der Waals surface area (Å²) in [6, 6.07) is 8.19. The van der Waals surface area contributed by atoms with Gasteiger partial charge in [-0.15, -0.1) is 11.3 Å². The Morgan fingerprint density at radius 3 is 2.75 bits per heavy atom. The van der Waals surface area contributed by atoms with Crippen molar-refractivity contribution in [1.82, 2.24) is 4.98 Å². The second kappa shape index (κ2) is 6.55. The number of ether oxygens (including phenoxy) is 1. The van der Waals surface area contributed by atoms with Crippen LogP contribution in [-0.4, -0.2) is 11.0 Å². The summed E-state index contributed by atoms with van der Waals surface area (Å²) in [4.78, 5) is 16.8. The maximum atomic E-state index is 12.2. The van der Waals surface area contributed by atoms with Crippen LogP contribution in [0.1, 0.15) is 44.9 Å². The van der Waals surface area contributed by atoms with Gasteiger partial charge in [0.2, 0.25) is 0 Å². The molecule has 0 saturated carbocycles. The van der Waals surface area contributed by atoms with E-state index < -0.39 is 5.60 Å². The molecular weight excluding hydrogens is 320 g/mol. The number of esters is 1. The smallest absolute Gasteiger partial charge is 0.310 e. The third-order valence-corrected chi connectivity index (χ3v) is 5.16. The van der Waals surface area contributed by atoms with Crippen LogP contribution in [0, 0.1) is 18.8 Å². The Balaban J connectivity index is 1.73. The SMILES string of the molecule is Cc1ccc(Nc2nc(C3(C)CC(CC(C)C)C(=O)O3)cs2)cc1. The van der Waals surface area contributed by atoms with E-state index in [2.05, 4.69) is 43.2 Å². The zero-order chi connectivity index (χ0) is 17.3. The average Bonchev–Trinajstić information content (AvgIpc) is 3.07. The van der Waals surface area contributed by atoms with Gasteiger partial charge in [-0.1, -0.05) is 31.5 Å². The van der Waals surface area contributed by atoms with Gasteiger partial charge in [0.1, 0.15) is 0 Å². The van der Waals surface area contributed by atoms with Crippen LogP contribution in [0.3, 0.4) is 0 Å². The van der Waals surface area contributed by atoms with Gasteiger partial charge in [0.25, 0.3) is 0 Å². The van der Waals surface area contributed by atoms with Crippen molar-refractivity contribution >= 4 is 28.1 Å². The highest BCUT2D eigenvalue weighted by atomic mass is 32.1. The van der Waals surface area contributed by atoms with Crippen LogP contribution in [-0.2, 0) is 15.1 Å². The van der Waals surface area contributed by atoms with E-state index in [4.69, 9.17) is 4.74 Å². The molecule has 24 heavy (non-hydrogen) atoms. The molecule has 4 nitrogen and oxygen atoms in total. The van der Waals surface area contributed by atoms with Gasteiger partial charge in [-0.25, -0.2) is 4.98 Å². The van der Waals surface area contributed by atoms with E-state index in [-0.39, 0.29) is 11.9 Å². The summed E-state index contributed by atoms with van der Waals surface area (Å²) < 4.78 is 5.71. The number of carbonyl (C=O) groups is 1. The van der Waals surface area contributed by atoms with E-state index in [1.807, 2.05) is 24.4 Å². The predicted molar refractivity (Wildman–Crippen MR) is 97.6 cm³/mol. The molecule has 2 aromatic rings. The minimum Gasteiger partial charge on any atom is -0.453 e. The van der Waals surface area contributed by atoms with Gasteiger partial charge >= 0.3 is 5.97 Å². The largest absolute Gasteiger partial charge is 0.453 e. The van der Waals surface area contributed by atoms with Gasteiger partial charge in [-0.2, -0.15) is 0 Å². The maximum Gasteiger partial charge on any atom is 0.310 e. The fraction of sp³-hybridized carbons (Fsp3) is 0.474. The standard InChI is InChI=1S/C19H24N2O2S/c1-12(2)9-14-10-19(4,23-17(14)22)16-11-24-18(21-16)20-15-7-5-13(3)6-8-15/h5-8,11-12,14H,9-10H2,1-4H3,(H,20,21). The molecule has 1 aliphatic rings. The third kappa shape index (κ3) is 3.61. The van der Waals surface area contributed by atoms with Crippen molar-refractivity contribution in [2.45, 2.75) is 46.1 Å². The molecule has 3 rings (SSSR count). The highest BCUT2D eigenvalue weighted by Crippen LogP contribution is 2.42. The fourth-order valence-electron chi connectivity index (χ4n) is 3.14. The molecule has 0 aliphatic carbocycles. The van der Waals surface area contributed by atoms with Gasteiger partial charge in [-0.05, 0) is 38.3 Å². The number of cyclic esters (lactones) is 1. The summed E-state index contributed by atoms with van der Waals surface area (Å²) in [5.74, 6) is 0.372. The molecule has 1 aromatic heterocycles. The molecule has 0 spiro atoms. The normalized spacial score (nSPS) is 23.5. The number of hydrogen-bond donors (Lipinski definition) is 1. The molecule has 1 fully saturated rings. The Morgan fingerprint density at radius 1 is 1.38 bits per heavy atom. The van der Waals surface area contributed by atoms with Crippen molar-refractivity contribution in [3.05, 3.63) is 40.9 Å². The van der Waals surface area contributed by atoms with E-state index in [0.717, 1.165) is 22.9 Å². The highest BCUT2D eigenvalue weighted by molar-refractivity contribution is 7.13. The fourth-order valence-corrected chi connectivity index (χ4v) is 3.99. The third-order valence-electron chi connectivity index (χ3n) is 4.40. The summed E-state index contributed by atoms with van der Waals surface area (Å²) in [6.07, 6.45) is 1.57. The number of aryl methyl sites for hydroxylation is 1. The molecule has 2 unspecified atom stereocenters. The van der Waals surface area contributed by atoms with E-state index in [1.54, 1.807) is 0 Å². The lowest BCUT2D eigenvalue weighted by Gasteiger charge is -2.20. The Kier molecular flexibility index (Phi) is 4.63. The molecule has 5 heteroatoms. The molecule has 1 aliphatic heterocycles. The molecule has 1 aromatic carbocycles. The minimum absolute atomic E-state index is 0.0230. The topological polar surface area (TPSA) is 51.2 Å². The molecule has 2 heterocycles. The van der Waals surface area contributed by atoms with E-state index in [0.29, 0.717) is 12.3 Å². The predicted octanol–water partition coefficient (Wildman–Crippen LogP) is 5.02. The van der Waals surface area contributed by atoms with Crippen LogP contribution >= 0.6 is 11.3 Å². The van der Waals surface area contributed by atoms with Crippen LogP contribution < -0.4 is 5.32 Å². The molecule has 0 radical (unpaired) electrons. The number of hydrogen-bond acceptors (Lipinski definition) is 5. The number of thiazole rings is 1. The van der Waals surface area contributed by atoms with Crippen LogP contribution in [0.5, 0.6) is 0 Å². The first-order valence-corrected chi connectivity index (χ1v) is 9.26. The van der Waals surface area contributed by atoms with Crippen molar-refractivity contribution < 1.29 is 9.53 Å². The second-order valence-corrected chi connectivity index (χ2v) is 8.07. The zero-order valence-corrected chi connectivity index (χ0v) is 15.4. The summed E-state index contributed by atoms with van der Waals surface area (Å²) in [5.41, 5.74) is 2.46. The molecule has 0 amide bonds. The second-order valence-electron chi connectivity index (χ2n) is 7.21. The zero-order valence-electron chi connectivity index (χ0n) is 14.6. The van der Waals surface area contributed by atoms with Crippen molar-refractivity contribution in [1.29, 1.82) is 0 Å². The molecule has 128 valence electrons. The molecule has 0 bridgehead atoms. The van der Waals surface area contributed by atoms with Gasteiger partial charge < -0.3 is 10.1 Å². The molecule has 1 N–H and O–H groups in total. The lowest BCUT2D eigenvalue weighted by molar-refractivity contribution is -0.150. The Bertz CT molecular complexity index is 723. The quantitative estimate of drug-likeness (QED) is 0.774. The summed E-state index contributed by atoms with van der Waals surface area (Å²) in [6.45, 7) is 8.30. The Hall–Kier alpha value is -1.88. The van der Waals surface area contributed by atoms with Crippen molar-refractivity contribution in [2.24, 2.45) is 11.8 Å². The molecule has 2 atom stereocenters. The van der Waals surface area contributed by atoms with Gasteiger partial charge in [0.05, 0.1) is 11.6 Å². The Morgan fingerprint density at radius 2 is 2.08 bits per heavy atom. The summed E-state index contributed by atoms with van der Waals surface area (Å²) in [7, 11) is 0. The highest BCUT2D eigenvalue weighted by Gasteiger charge is 2.46.